The minimum atomic E-state index is -1.39. The van der Waals surface area contributed by atoms with E-state index in [9.17, 15) is 34.5 Å². The van der Waals surface area contributed by atoms with Gasteiger partial charge in [-0.2, -0.15) is 0 Å². The van der Waals surface area contributed by atoms with E-state index in [1.165, 1.54) is 6.92 Å². The van der Waals surface area contributed by atoms with Gasteiger partial charge in [-0.05, 0) is 25.2 Å². The summed E-state index contributed by atoms with van der Waals surface area (Å²) in [5.41, 5.74) is 5.51. The summed E-state index contributed by atoms with van der Waals surface area (Å²) in [6, 6.07) is -4.88. The third-order valence-electron chi connectivity index (χ3n) is 4.75. The van der Waals surface area contributed by atoms with E-state index < -0.39 is 60.6 Å². The van der Waals surface area contributed by atoms with Gasteiger partial charge in [0, 0.05) is 0 Å². The van der Waals surface area contributed by atoms with E-state index >= 15 is 0 Å². The molecule has 0 aliphatic rings. The number of carbonyl (C=O) groups excluding carboxylic acids is 3. The highest BCUT2D eigenvalue weighted by Gasteiger charge is 2.32. The van der Waals surface area contributed by atoms with E-state index in [-0.39, 0.29) is 18.3 Å². The summed E-state index contributed by atoms with van der Waals surface area (Å²) in [6.45, 7) is 7.68. The number of nitrogens with two attached hydrogens (primary N) is 1. The number of hydrogen-bond acceptors (Lipinski definition) is 7. The fourth-order valence-electron chi connectivity index (χ4n) is 2.59. The molecule has 0 aliphatic carbocycles. The first-order valence-electron chi connectivity index (χ1n) is 10.0. The lowest BCUT2D eigenvalue weighted by atomic mass is 9.97. The third kappa shape index (κ3) is 9.06. The van der Waals surface area contributed by atoms with Crippen LogP contribution in [0.1, 0.15) is 47.5 Å². The number of rotatable bonds is 13. The van der Waals surface area contributed by atoms with Gasteiger partial charge in [-0.3, -0.25) is 14.4 Å². The largest absolute Gasteiger partial charge is 0.480 e. The zero-order valence-electron chi connectivity index (χ0n) is 18.2. The molecular weight excluding hydrogens is 396 g/mol. The van der Waals surface area contributed by atoms with E-state index in [0.717, 1.165) is 0 Å². The van der Waals surface area contributed by atoms with Crippen LogP contribution >= 0.6 is 0 Å². The van der Waals surface area contributed by atoms with Crippen LogP contribution in [0.3, 0.4) is 0 Å². The predicted molar refractivity (Wildman–Crippen MR) is 109 cm³/mol. The second kappa shape index (κ2) is 13.1. The van der Waals surface area contributed by atoms with Crippen LogP contribution in [0.2, 0.25) is 0 Å². The molecule has 8 N–H and O–H groups in total. The van der Waals surface area contributed by atoms with Gasteiger partial charge >= 0.3 is 5.97 Å². The lowest BCUT2D eigenvalue weighted by Crippen LogP contribution is -2.59. The molecule has 0 spiro atoms. The Balaban J connectivity index is 5.33. The highest BCUT2D eigenvalue weighted by atomic mass is 16.4. The third-order valence-corrected chi connectivity index (χ3v) is 4.75. The zero-order chi connectivity index (χ0) is 23.6. The second-order valence-corrected chi connectivity index (χ2v) is 7.91. The molecule has 0 aromatic heterocycles. The van der Waals surface area contributed by atoms with E-state index in [4.69, 9.17) is 5.73 Å². The smallest absolute Gasteiger partial charge is 0.326 e. The normalized spacial score (nSPS) is 17.2. The first-order chi connectivity index (χ1) is 13.8. The van der Waals surface area contributed by atoms with Gasteiger partial charge in [-0.1, -0.05) is 34.1 Å². The minimum Gasteiger partial charge on any atom is -0.480 e. The Hall–Kier alpha value is -2.24. The molecule has 11 nitrogen and oxygen atoms in total. The molecule has 6 unspecified atom stereocenters. The van der Waals surface area contributed by atoms with Crippen molar-refractivity contribution in [3.05, 3.63) is 0 Å². The summed E-state index contributed by atoms with van der Waals surface area (Å²) in [7, 11) is 0. The average molecular weight is 433 g/mol. The molecule has 6 atom stereocenters. The Morgan fingerprint density at radius 3 is 1.80 bits per heavy atom. The molecule has 0 fully saturated rings. The van der Waals surface area contributed by atoms with Crippen molar-refractivity contribution in [1.82, 2.24) is 16.0 Å². The maximum Gasteiger partial charge on any atom is 0.326 e. The van der Waals surface area contributed by atoms with Crippen LogP contribution in [-0.4, -0.2) is 75.9 Å². The quantitative estimate of drug-likeness (QED) is 0.179. The first-order valence-corrected chi connectivity index (χ1v) is 10.0. The number of aliphatic hydroxyl groups is 2. The lowest BCUT2D eigenvalue weighted by molar-refractivity contribution is -0.144. The molecule has 0 bridgehead atoms. The molecule has 0 saturated heterocycles. The summed E-state index contributed by atoms with van der Waals surface area (Å²) in [6.07, 6.45) is -0.426. The van der Waals surface area contributed by atoms with Crippen LogP contribution in [0.5, 0.6) is 0 Å². The fraction of sp³-hybridized carbons (Fsp3) is 0.789. The molecule has 174 valence electrons. The molecule has 0 aromatic rings. The van der Waals surface area contributed by atoms with Gasteiger partial charge in [0.15, 0.2) is 0 Å². The SMILES string of the molecule is CCC(C)C(NC(=O)C(CC(C)C)NC(=O)C(CO)NC(=O)C(N)C(C)O)C(=O)O. The number of carbonyl (C=O) groups is 4. The van der Waals surface area contributed by atoms with Crippen LogP contribution in [0.15, 0.2) is 0 Å². The Kier molecular flexibility index (Phi) is 12.2. The van der Waals surface area contributed by atoms with Crippen molar-refractivity contribution in [2.45, 2.75) is 77.7 Å². The molecule has 30 heavy (non-hydrogen) atoms. The number of amides is 3. The minimum absolute atomic E-state index is 0.0150. The number of carboxylic acids is 1. The molecule has 0 radical (unpaired) electrons. The van der Waals surface area contributed by atoms with Crippen LogP contribution in [0.25, 0.3) is 0 Å². The van der Waals surface area contributed by atoms with Gasteiger partial charge in [-0.15, -0.1) is 0 Å². The molecular formula is C19H36N4O7. The van der Waals surface area contributed by atoms with Crippen LogP contribution in [-0.2, 0) is 19.2 Å². The summed E-state index contributed by atoms with van der Waals surface area (Å²) in [5, 5.41) is 35.3. The topological polar surface area (TPSA) is 191 Å². The Bertz CT molecular complexity index is 597. The van der Waals surface area contributed by atoms with E-state index in [1.807, 2.05) is 13.8 Å². The van der Waals surface area contributed by atoms with Crippen molar-refractivity contribution < 1.29 is 34.5 Å². The predicted octanol–water partition coefficient (Wildman–Crippen LogP) is -1.68. The number of nitrogens with one attached hydrogen (secondary N) is 3. The molecule has 0 rings (SSSR count). The van der Waals surface area contributed by atoms with Crippen molar-refractivity contribution in [1.29, 1.82) is 0 Å². The molecule has 11 heteroatoms. The standard InChI is InChI=1S/C19H36N4O7/c1-6-10(4)15(19(29)30)23-16(26)12(7-9(2)3)21-17(27)13(8-24)22-18(28)14(20)11(5)25/h9-15,24-25H,6-8,20H2,1-5H3,(H,21,27)(H,22,28)(H,23,26)(H,29,30). The van der Waals surface area contributed by atoms with Crippen molar-refractivity contribution in [2.75, 3.05) is 6.61 Å². The second-order valence-electron chi connectivity index (χ2n) is 7.91. The zero-order valence-corrected chi connectivity index (χ0v) is 18.2. The number of aliphatic carboxylic acids is 1. The molecule has 0 heterocycles. The highest BCUT2D eigenvalue weighted by molar-refractivity contribution is 5.94. The van der Waals surface area contributed by atoms with Crippen molar-refractivity contribution >= 4 is 23.7 Å². The van der Waals surface area contributed by atoms with E-state index in [1.54, 1.807) is 13.8 Å². The summed E-state index contributed by atoms with van der Waals surface area (Å²) < 4.78 is 0. The van der Waals surface area contributed by atoms with Crippen molar-refractivity contribution in [3.8, 4) is 0 Å². The van der Waals surface area contributed by atoms with Crippen LogP contribution < -0.4 is 21.7 Å². The monoisotopic (exact) mass is 432 g/mol. The Morgan fingerprint density at radius 2 is 1.40 bits per heavy atom. The lowest BCUT2D eigenvalue weighted by Gasteiger charge is -2.27. The van der Waals surface area contributed by atoms with E-state index in [2.05, 4.69) is 16.0 Å². The van der Waals surface area contributed by atoms with Crippen molar-refractivity contribution in [2.24, 2.45) is 17.6 Å². The average Bonchev–Trinajstić information content (AvgIpc) is 2.66. The van der Waals surface area contributed by atoms with Gasteiger partial charge < -0.3 is 37.0 Å². The first kappa shape index (κ1) is 27.8. The van der Waals surface area contributed by atoms with Gasteiger partial charge in [-0.25, -0.2) is 4.79 Å². The van der Waals surface area contributed by atoms with Gasteiger partial charge in [0.2, 0.25) is 17.7 Å². The van der Waals surface area contributed by atoms with Crippen molar-refractivity contribution in [3.63, 3.8) is 0 Å². The maximum absolute atomic E-state index is 12.7. The molecule has 3 amide bonds. The molecule has 0 saturated carbocycles. The Labute approximate surface area is 176 Å². The van der Waals surface area contributed by atoms with Crippen LogP contribution in [0, 0.1) is 11.8 Å². The molecule has 0 aromatic carbocycles. The van der Waals surface area contributed by atoms with Gasteiger partial charge in [0.1, 0.15) is 24.2 Å². The number of carboxylic acid groups (broad SMARTS) is 1. The fourth-order valence-corrected chi connectivity index (χ4v) is 2.59. The molecule has 0 aliphatic heterocycles. The van der Waals surface area contributed by atoms with Gasteiger partial charge in [0.05, 0.1) is 12.7 Å². The summed E-state index contributed by atoms with van der Waals surface area (Å²) in [4.78, 5) is 48.6. The number of hydrogen-bond donors (Lipinski definition) is 7. The highest BCUT2D eigenvalue weighted by Crippen LogP contribution is 2.11. The van der Waals surface area contributed by atoms with Gasteiger partial charge in [0.25, 0.3) is 0 Å². The number of aliphatic hydroxyl groups excluding tert-OH is 2. The summed E-state index contributed by atoms with van der Waals surface area (Å²) >= 11 is 0. The summed E-state index contributed by atoms with van der Waals surface area (Å²) in [5.74, 6) is -3.87. The van der Waals surface area contributed by atoms with Crippen LogP contribution in [0.4, 0.5) is 0 Å². The Morgan fingerprint density at radius 1 is 0.900 bits per heavy atom. The maximum atomic E-state index is 12.7. The van der Waals surface area contributed by atoms with E-state index in [0.29, 0.717) is 6.42 Å².